The molecule has 92 valence electrons. The van der Waals surface area contributed by atoms with Crippen molar-refractivity contribution in [2.45, 2.75) is 13.1 Å². The molecule has 0 amide bonds. The number of hydrogen-bond donors (Lipinski definition) is 1. The van der Waals surface area contributed by atoms with Gasteiger partial charge in [0, 0.05) is 0 Å². The molecule has 1 aromatic rings. The van der Waals surface area contributed by atoms with E-state index in [2.05, 4.69) is 0 Å². The summed E-state index contributed by atoms with van der Waals surface area (Å²) in [6.07, 6.45) is -4.55. The van der Waals surface area contributed by atoms with Gasteiger partial charge in [-0.25, -0.2) is 4.79 Å². The second-order valence-corrected chi connectivity index (χ2v) is 3.32. The maximum Gasteiger partial charge on any atom is 0.416 e. The fraction of sp³-hybridized carbons (Fsp3) is 0.182. The third kappa shape index (κ3) is 3.05. The summed E-state index contributed by atoms with van der Waals surface area (Å²) in [5, 5.41) is 8.39. The largest absolute Gasteiger partial charge is 0.476 e. The first-order valence-electron chi connectivity index (χ1n) is 4.51. The van der Waals surface area contributed by atoms with Crippen molar-refractivity contribution in [1.82, 2.24) is 0 Å². The third-order valence-electron chi connectivity index (χ3n) is 2.14. The van der Waals surface area contributed by atoms with E-state index in [0.29, 0.717) is 6.07 Å². The highest BCUT2D eigenvalue weighted by Gasteiger charge is 2.30. The number of carbonyl (C=O) groups is 1. The van der Waals surface area contributed by atoms with Crippen LogP contribution in [0, 0.1) is 0 Å². The highest BCUT2D eigenvalue weighted by Crippen LogP contribution is 2.31. The predicted molar refractivity (Wildman–Crippen MR) is 52.8 cm³/mol. The van der Waals surface area contributed by atoms with E-state index in [0.717, 1.165) is 19.1 Å². The Bertz CT molecular complexity index is 475. The number of benzene rings is 1. The van der Waals surface area contributed by atoms with E-state index >= 15 is 0 Å². The predicted octanol–water partition coefficient (Wildman–Crippen LogP) is 3.49. The lowest BCUT2D eigenvalue weighted by Crippen LogP contribution is -2.05. The van der Waals surface area contributed by atoms with E-state index in [1.807, 2.05) is 0 Å². The molecule has 0 fully saturated rings. The zero-order chi connectivity index (χ0) is 13.2. The first kappa shape index (κ1) is 13.2. The van der Waals surface area contributed by atoms with Crippen molar-refractivity contribution in [2.24, 2.45) is 0 Å². The van der Waals surface area contributed by atoms with Crippen LogP contribution in [-0.4, -0.2) is 11.1 Å². The highest BCUT2D eigenvalue weighted by atomic mass is 19.4. The molecular weight excluding hydrogens is 240 g/mol. The van der Waals surface area contributed by atoms with Crippen molar-refractivity contribution < 1.29 is 27.5 Å². The molecule has 0 aromatic heterocycles. The van der Waals surface area contributed by atoms with E-state index in [4.69, 9.17) is 5.11 Å². The summed E-state index contributed by atoms with van der Waals surface area (Å²) < 4.78 is 50.1. The van der Waals surface area contributed by atoms with Crippen molar-refractivity contribution in [3.63, 3.8) is 0 Å². The molecular formula is C11H8F4O2. The molecule has 0 atom stereocenters. The molecule has 0 saturated heterocycles. The summed E-state index contributed by atoms with van der Waals surface area (Å²) in [6.45, 7) is 1.11. The Morgan fingerprint density at radius 2 is 1.88 bits per heavy atom. The quantitative estimate of drug-likeness (QED) is 0.642. The van der Waals surface area contributed by atoms with Gasteiger partial charge in [0.2, 0.25) is 5.83 Å². The van der Waals surface area contributed by atoms with Gasteiger partial charge in [-0.3, -0.25) is 0 Å². The molecule has 0 unspecified atom stereocenters. The molecule has 0 aliphatic heterocycles. The Balaban J connectivity index is 3.26. The SMILES string of the molecule is CC(=C(F)C(=O)O)c1cccc(C(F)(F)F)c1. The number of allylic oxidation sites excluding steroid dienone is 1. The first-order chi connectivity index (χ1) is 7.73. The van der Waals surface area contributed by atoms with Crippen LogP contribution in [0.2, 0.25) is 0 Å². The Hall–Kier alpha value is -1.85. The molecule has 0 aliphatic carbocycles. The fourth-order valence-electron chi connectivity index (χ4n) is 1.22. The van der Waals surface area contributed by atoms with Gasteiger partial charge in [-0.2, -0.15) is 17.6 Å². The zero-order valence-electron chi connectivity index (χ0n) is 8.68. The van der Waals surface area contributed by atoms with Crippen LogP contribution in [0.1, 0.15) is 18.1 Å². The van der Waals surface area contributed by atoms with Crippen molar-refractivity contribution in [3.8, 4) is 0 Å². The molecule has 0 saturated carbocycles. The van der Waals surface area contributed by atoms with Gasteiger partial charge in [0.1, 0.15) is 0 Å². The molecule has 0 bridgehead atoms. The minimum Gasteiger partial charge on any atom is -0.476 e. The second kappa shape index (κ2) is 4.57. The number of aliphatic carboxylic acids is 1. The van der Waals surface area contributed by atoms with Crippen LogP contribution in [-0.2, 0) is 11.0 Å². The third-order valence-corrected chi connectivity index (χ3v) is 2.14. The molecule has 17 heavy (non-hydrogen) atoms. The molecule has 6 heteroatoms. The molecule has 0 radical (unpaired) electrons. The fourth-order valence-corrected chi connectivity index (χ4v) is 1.22. The Morgan fingerprint density at radius 3 is 2.35 bits per heavy atom. The summed E-state index contributed by atoms with van der Waals surface area (Å²) >= 11 is 0. The smallest absolute Gasteiger partial charge is 0.416 e. The lowest BCUT2D eigenvalue weighted by molar-refractivity contribution is -0.137. The lowest BCUT2D eigenvalue weighted by atomic mass is 10.0. The summed E-state index contributed by atoms with van der Waals surface area (Å²) in [5.41, 5.74) is -1.41. The van der Waals surface area contributed by atoms with E-state index < -0.39 is 23.5 Å². The number of carboxylic acids is 1. The zero-order valence-corrected chi connectivity index (χ0v) is 8.68. The minimum atomic E-state index is -4.55. The van der Waals surface area contributed by atoms with Gasteiger partial charge < -0.3 is 5.11 Å². The van der Waals surface area contributed by atoms with Crippen LogP contribution < -0.4 is 0 Å². The molecule has 2 nitrogen and oxygen atoms in total. The van der Waals surface area contributed by atoms with E-state index in [9.17, 15) is 22.4 Å². The number of alkyl halides is 3. The topological polar surface area (TPSA) is 37.3 Å². The van der Waals surface area contributed by atoms with Gasteiger partial charge in [-0.05, 0) is 30.2 Å². The molecule has 1 rings (SSSR count). The monoisotopic (exact) mass is 248 g/mol. The molecule has 1 N–H and O–H groups in total. The molecule has 0 aliphatic rings. The van der Waals surface area contributed by atoms with Gasteiger partial charge in [-0.1, -0.05) is 12.1 Å². The Labute approximate surface area is 94.2 Å². The van der Waals surface area contributed by atoms with Crippen molar-refractivity contribution in [2.75, 3.05) is 0 Å². The standard InChI is InChI=1S/C11H8F4O2/c1-6(9(12)10(16)17)7-3-2-4-8(5-7)11(13,14)15/h2-5H,1H3,(H,16,17). The molecule has 0 spiro atoms. The number of hydrogen-bond acceptors (Lipinski definition) is 1. The summed E-state index contributed by atoms with van der Waals surface area (Å²) in [4.78, 5) is 10.3. The average molecular weight is 248 g/mol. The Kier molecular flexibility index (Phi) is 3.55. The van der Waals surface area contributed by atoms with Gasteiger partial charge in [0.05, 0.1) is 5.56 Å². The van der Waals surface area contributed by atoms with Crippen LogP contribution in [0.25, 0.3) is 5.57 Å². The molecule has 0 heterocycles. The number of rotatable bonds is 2. The first-order valence-corrected chi connectivity index (χ1v) is 4.51. The maximum atomic E-state index is 13.0. The lowest BCUT2D eigenvalue weighted by Gasteiger charge is -2.09. The maximum absolute atomic E-state index is 13.0. The highest BCUT2D eigenvalue weighted by molar-refractivity contribution is 5.93. The van der Waals surface area contributed by atoms with Crippen LogP contribution in [0.3, 0.4) is 0 Å². The van der Waals surface area contributed by atoms with E-state index in [1.165, 1.54) is 6.07 Å². The van der Waals surface area contributed by atoms with Crippen molar-refractivity contribution >= 4 is 11.5 Å². The van der Waals surface area contributed by atoms with Crippen molar-refractivity contribution in [1.29, 1.82) is 0 Å². The summed E-state index contributed by atoms with van der Waals surface area (Å²) in [7, 11) is 0. The van der Waals surface area contributed by atoms with Crippen LogP contribution >= 0.6 is 0 Å². The second-order valence-electron chi connectivity index (χ2n) is 3.32. The van der Waals surface area contributed by atoms with E-state index in [1.54, 1.807) is 0 Å². The van der Waals surface area contributed by atoms with Crippen LogP contribution in [0.15, 0.2) is 30.1 Å². The van der Waals surface area contributed by atoms with Gasteiger partial charge >= 0.3 is 12.1 Å². The van der Waals surface area contributed by atoms with Crippen molar-refractivity contribution in [3.05, 3.63) is 41.2 Å². The summed E-state index contributed by atoms with van der Waals surface area (Å²) in [6, 6.07) is 3.84. The van der Waals surface area contributed by atoms with E-state index in [-0.39, 0.29) is 11.1 Å². The Morgan fingerprint density at radius 1 is 1.29 bits per heavy atom. The van der Waals surface area contributed by atoms with Crippen LogP contribution in [0.5, 0.6) is 0 Å². The van der Waals surface area contributed by atoms with Gasteiger partial charge in [0.15, 0.2) is 0 Å². The summed E-state index contributed by atoms with van der Waals surface area (Å²) in [5.74, 6) is -3.27. The molecule has 1 aromatic carbocycles. The van der Waals surface area contributed by atoms with Crippen LogP contribution in [0.4, 0.5) is 17.6 Å². The number of carboxylic acid groups (broad SMARTS) is 1. The van der Waals surface area contributed by atoms with Gasteiger partial charge in [-0.15, -0.1) is 0 Å². The van der Waals surface area contributed by atoms with Gasteiger partial charge in [0.25, 0.3) is 0 Å². The minimum absolute atomic E-state index is 0.111. The number of halogens is 4. The average Bonchev–Trinajstić information content (AvgIpc) is 2.26. The normalized spacial score (nSPS) is 13.2.